The van der Waals surface area contributed by atoms with Gasteiger partial charge < -0.3 is 14.2 Å². The van der Waals surface area contributed by atoms with E-state index in [4.69, 9.17) is 37.4 Å². The highest BCUT2D eigenvalue weighted by molar-refractivity contribution is 7.07. The smallest absolute Gasteiger partial charge is 0.338 e. The third-order valence-corrected chi connectivity index (χ3v) is 8.87. The monoisotopic (exact) mass is 650 g/mol. The van der Waals surface area contributed by atoms with Crippen molar-refractivity contribution in [2.24, 2.45) is 10.9 Å². The van der Waals surface area contributed by atoms with Crippen LogP contribution in [-0.4, -0.2) is 24.3 Å². The number of rotatable bonds is 10. The second kappa shape index (κ2) is 13.8. The number of hydrogen-bond donors (Lipinski definition) is 0. The summed E-state index contributed by atoms with van der Waals surface area (Å²) in [4.78, 5) is 32.9. The Morgan fingerprint density at radius 2 is 1.82 bits per heavy atom. The van der Waals surface area contributed by atoms with Crippen LogP contribution in [0.4, 0.5) is 0 Å². The van der Waals surface area contributed by atoms with E-state index in [1.54, 1.807) is 44.4 Å². The second-order valence-electron chi connectivity index (χ2n) is 10.8. The maximum atomic E-state index is 14.0. The molecule has 1 atom stereocenters. The van der Waals surface area contributed by atoms with Crippen LogP contribution in [0, 0.1) is 5.92 Å². The van der Waals surface area contributed by atoms with Crippen LogP contribution in [0.1, 0.15) is 49.9 Å². The molecule has 0 N–H and O–H groups in total. The molecule has 2 heterocycles. The van der Waals surface area contributed by atoms with Crippen molar-refractivity contribution < 1.29 is 19.0 Å². The number of thiazole rings is 1. The molecule has 0 saturated heterocycles. The molecule has 5 rings (SSSR count). The summed E-state index contributed by atoms with van der Waals surface area (Å²) >= 11 is 13.6. The highest BCUT2D eigenvalue weighted by Crippen LogP contribution is 2.36. The normalized spacial score (nSPS) is 14.8. The van der Waals surface area contributed by atoms with E-state index in [2.05, 4.69) is 18.8 Å². The fourth-order valence-electron chi connectivity index (χ4n) is 4.83. The van der Waals surface area contributed by atoms with Crippen molar-refractivity contribution in [2.75, 3.05) is 13.7 Å². The molecule has 7 nitrogen and oxygen atoms in total. The molecule has 0 bridgehead atoms. The predicted octanol–water partition coefficient (Wildman–Crippen LogP) is 6.72. The van der Waals surface area contributed by atoms with E-state index >= 15 is 0 Å². The van der Waals surface area contributed by atoms with Crippen molar-refractivity contribution in [3.8, 4) is 11.5 Å². The van der Waals surface area contributed by atoms with Crippen molar-refractivity contribution >= 4 is 46.6 Å². The fraction of sp³-hybridized carbons (Fsp3) is 0.265. The lowest BCUT2D eigenvalue weighted by atomic mass is 9.95. The number of esters is 1. The zero-order chi connectivity index (χ0) is 31.4. The number of allylic oxidation sites excluding steroid dienone is 1. The average Bonchev–Trinajstić information content (AvgIpc) is 3.31. The molecule has 0 saturated carbocycles. The van der Waals surface area contributed by atoms with Crippen LogP contribution < -0.4 is 24.4 Å². The summed E-state index contributed by atoms with van der Waals surface area (Å²) in [6.45, 7) is 6.63. The third-order valence-electron chi connectivity index (χ3n) is 7.15. The van der Waals surface area contributed by atoms with Crippen molar-refractivity contribution in [3.63, 3.8) is 0 Å². The van der Waals surface area contributed by atoms with E-state index < -0.39 is 12.0 Å². The summed E-state index contributed by atoms with van der Waals surface area (Å²) in [7, 11) is 1.56. The highest BCUT2D eigenvalue weighted by Gasteiger charge is 2.34. The Kier molecular flexibility index (Phi) is 9.93. The van der Waals surface area contributed by atoms with Gasteiger partial charge in [-0.05, 0) is 66.3 Å². The van der Waals surface area contributed by atoms with Crippen LogP contribution in [0.15, 0.2) is 87.8 Å². The first-order valence-electron chi connectivity index (χ1n) is 14.2. The average molecular weight is 652 g/mol. The van der Waals surface area contributed by atoms with Crippen molar-refractivity contribution in [3.05, 3.63) is 124 Å². The number of benzene rings is 3. The molecule has 0 amide bonds. The minimum absolute atomic E-state index is 0.0802. The van der Waals surface area contributed by atoms with Gasteiger partial charge in [0.25, 0.3) is 5.56 Å². The molecule has 228 valence electrons. The van der Waals surface area contributed by atoms with Gasteiger partial charge in [0.1, 0.15) is 6.61 Å². The molecule has 1 aliphatic rings. The Bertz CT molecular complexity index is 1900. The standard InChI is InChI=1S/C34H32Cl2N2O5S/c1-20(2)14-15-42-27-13-11-24(18-28(27)41-4)31-30(33(40)43-19-22-8-6-5-7-9-22)21(3)37-34-38(31)32(39)29(44-34)17-23-10-12-25(35)26(36)16-23/h5-13,16-18,20,31H,14-15,19H2,1-4H3/b29-17-. The molecule has 0 radical (unpaired) electrons. The van der Waals surface area contributed by atoms with E-state index in [0.717, 1.165) is 12.0 Å². The first-order valence-corrected chi connectivity index (χ1v) is 15.7. The number of carbonyl (C=O) groups excluding carboxylic acids is 1. The Morgan fingerprint density at radius 1 is 1.05 bits per heavy atom. The molecule has 0 aliphatic carbocycles. The molecule has 0 fully saturated rings. The van der Waals surface area contributed by atoms with Gasteiger partial charge in [0, 0.05) is 0 Å². The van der Waals surface area contributed by atoms with Crippen LogP contribution in [0.5, 0.6) is 11.5 Å². The molecule has 1 unspecified atom stereocenters. The maximum absolute atomic E-state index is 14.0. The van der Waals surface area contributed by atoms with Gasteiger partial charge in [-0.25, -0.2) is 9.79 Å². The van der Waals surface area contributed by atoms with E-state index in [1.165, 1.54) is 15.9 Å². The lowest BCUT2D eigenvalue weighted by Crippen LogP contribution is -2.39. The summed E-state index contributed by atoms with van der Waals surface area (Å²) in [6.07, 6.45) is 2.63. The minimum atomic E-state index is -0.816. The Balaban J connectivity index is 1.61. The maximum Gasteiger partial charge on any atom is 0.338 e. The van der Waals surface area contributed by atoms with E-state index in [1.807, 2.05) is 42.5 Å². The topological polar surface area (TPSA) is 79.1 Å². The molecule has 4 aromatic rings. The van der Waals surface area contributed by atoms with Gasteiger partial charge in [-0.2, -0.15) is 0 Å². The summed E-state index contributed by atoms with van der Waals surface area (Å²) < 4.78 is 19.4. The number of carbonyl (C=O) groups is 1. The van der Waals surface area contributed by atoms with Gasteiger partial charge in [-0.15, -0.1) is 0 Å². The minimum Gasteiger partial charge on any atom is -0.493 e. The van der Waals surface area contributed by atoms with Crippen LogP contribution in [-0.2, 0) is 16.1 Å². The quantitative estimate of drug-likeness (QED) is 0.178. The lowest BCUT2D eigenvalue weighted by molar-refractivity contribution is -0.140. The third kappa shape index (κ3) is 6.93. The molecule has 44 heavy (non-hydrogen) atoms. The summed E-state index contributed by atoms with van der Waals surface area (Å²) in [5.74, 6) is 1.01. The van der Waals surface area contributed by atoms with Crippen molar-refractivity contribution in [1.29, 1.82) is 0 Å². The van der Waals surface area contributed by atoms with E-state index in [9.17, 15) is 9.59 Å². The number of ether oxygens (including phenoxy) is 3. The van der Waals surface area contributed by atoms with Gasteiger partial charge >= 0.3 is 5.97 Å². The number of fused-ring (bicyclic) bond motifs is 1. The largest absolute Gasteiger partial charge is 0.493 e. The van der Waals surface area contributed by atoms with Crippen molar-refractivity contribution in [2.45, 2.75) is 39.8 Å². The first-order chi connectivity index (χ1) is 21.2. The lowest BCUT2D eigenvalue weighted by Gasteiger charge is -2.25. The number of nitrogens with zero attached hydrogens (tertiary/aromatic N) is 2. The van der Waals surface area contributed by atoms with Gasteiger partial charge in [0.15, 0.2) is 16.3 Å². The summed E-state index contributed by atoms with van der Waals surface area (Å²) in [5, 5.41) is 0.804. The first kappa shape index (κ1) is 31.6. The number of methoxy groups -OCH3 is 1. The number of hydrogen-bond acceptors (Lipinski definition) is 7. The molecule has 1 aliphatic heterocycles. The van der Waals surface area contributed by atoms with Crippen molar-refractivity contribution in [1.82, 2.24) is 4.57 Å². The molecule has 0 spiro atoms. The summed E-state index contributed by atoms with van der Waals surface area (Å²) in [5.41, 5.74) is 2.64. The summed E-state index contributed by atoms with van der Waals surface area (Å²) in [6, 6.07) is 19.2. The molecule has 1 aromatic heterocycles. The van der Waals surface area contributed by atoms with Crippen LogP contribution in [0.25, 0.3) is 6.08 Å². The highest BCUT2D eigenvalue weighted by atomic mass is 35.5. The van der Waals surface area contributed by atoms with Gasteiger partial charge in [-0.3, -0.25) is 9.36 Å². The SMILES string of the molecule is COc1cc(C2C(C(=O)OCc3ccccc3)=C(C)N=c3s/c(=C\c4ccc(Cl)c(Cl)c4)c(=O)n32)ccc1OCCC(C)C. The van der Waals surface area contributed by atoms with Crippen LogP contribution in [0.2, 0.25) is 10.0 Å². The zero-order valence-electron chi connectivity index (χ0n) is 24.8. The Hall–Kier alpha value is -3.85. The van der Waals surface area contributed by atoms with Gasteiger partial charge in [0.2, 0.25) is 0 Å². The molecule has 3 aromatic carbocycles. The van der Waals surface area contributed by atoms with Crippen LogP contribution >= 0.6 is 34.5 Å². The van der Waals surface area contributed by atoms with Crippen LogP contribution in [0.3, 0.4) is 0 Å². The van der Waals surface area contributed by atoms with E-state index in [-0.39, 0.29) is 17.7 Å². The molecular weight excluding hydrogens is 619 g/mol. The Morgan fingerprint density at radius 3 is 2.52 bits per heavy atom. The fourth-order valence-corrected chi connectivity index (χ4v) is 6.18. The van der Waals surface area contributed by atoms with E-state index in [0.29, 0.717) is 60.2 Å². The molecular formula is C34H32Cl2N2O5S. The number of aromatic nitrogens is 1. The molecule has 10 heteroatoms. The predicted molar refractivity (Wildman–Crippen MR) is 174 cm³/mol. The zero-order valence-corrected chi connectivity index (χ0v) is 27.1. The second-order valence-corrected chi connectivity index (χ2v) is 12.6. The number of halogens is 2. The van der Waals surface area contributed by atoms with Gasteiger partial charge in [-0.1, -0.05) is 90.9 Å². The van der Waals surface area contributed by atoms with Gasteiger partial charge in [0.05, 0.1) is 45.6 Å². The Labute approximate surface area is 269 Å².